The second kappa shape index (κ2) is 5.49. The summed E-state index contributed by atoms with van der Waals surface area (Å²) in [7, 11) is 0. The highest BCUT2D eigenvalue weighted by Gasteiger charge is 2.33. The van der Waals surface area contributed by atoms with Crippen molar-refractivity contribution in [2.24, 2.45) is 10.8 Å². The summed E-state index contributed by atoms with van der Waals surface area (Å²) in [5.41, 5.74) is 9.69. The van der Waals surface area contributed by atoms with E-state index in [1.165, 1.54) is 0 Å². The van der Waals surface area contributed by atoms with E-state index in [2.05, 4.69) is 20.6 Å². The molecule has 1 aromatic carbocycles. The molecule has 0 radical (unpaired) electrons. The van der Waals surface area contributed by atoms with Crippen molar-refractivity contribution in [3.8, 4) is 5.75 Å². The normalized spacial score (nSPS) is 15.6. The Kier molecular flexibility index (Phi) is 3.29. The standard InChI is InChI=1S/C16H14N6O3/c17-14-11(16(24)22-21-14)12-8-5-7-3-1-2-4-10(7)25-13(8)9(6-19-12)15(23)20-18/h1-5H,6,18H2,(H,20,23)(H4,17,21,22,24). The van der Waals surface area contributed by atoms with Crippen molar-refractivity contribution in [1.82, 2.24) is 15.6 Å². The van der Waals surface area contributed by atoms with Gasteiger partial charge in [0.1, 0.15) is 22.9 Å². The average molecular weight is 338 g/mol. The number of allylic oxidation sites excluding steroid dienone is 1. The van der Waals surface area contributed by atoms with Crippen LogP contribution in [0.5, 0.6) is 5.75 Å². The van der Waals surface area contributed by atoms with Crippen LogP contribution in [0.15, 0.2) is 51.0 Å². The van der Waals surface area contributed by atoms with Crippen LogP contribution >= 0.6 is 0 Å². The van der Waals surface area contributed by atoms with Gasteiger partial charge in [-0.3, -0.25) is 30.2 Å². The molecule has 7 N–H and O–H groups in total. The number of nitrogens with one attached hydrogen (secondary N) is 3. The number of benzene rings is 1. The number of anilines is 1. The predicted molar refractivity (Wildman–Crippen MR) is 91.6 cm³/mol. The molecule has 0 atom stereocenters. The van der Waals surface area contributed by atoms with Crippen LogP contribution in [0, 0.1) is 0 Å². The van der Waals surface area contributed by atoms with Gasteiger partial charge in [-0.05, 0) is 12.1 Å². The van der Waals surface area contributed by atoms with E-state index in [1.54, 1.807) is 6.07 Å². The number of nitrogens with zero attached hydrogens (tertiary/aromatic N) is 1. The maximum Gasteiger partial charge on any atom is 0.275 e. The van der Waals surface area contributed by atoms with E-state index in [4.69, 9.17) is 16.3 Å². The third-order valence-corrected chi connectivity index (χ3v) is 4.05. The van der Waals surface area contributed by atoms with Crippen LogP contribution in [0.4, 0.5) is 5.82 Å². The largest absolute Gasteiger partial charge is 0.455 e. The van der Waals surface area contributed by atoms with Gasteiger partial charge in [-0.15, -0.1) is 0 Å². The van der Waals surface area contributed by atoms with Crippen molar-refractivity contribution in [2.75, 3.05) is 12.3 Å². The first-order valence-corrected chi connectivity index (χ1v) is 7.44. The molecule has 9 heteroatoms. The number of carbonyl (C=O) groups excluding carboxylic acids is 1. The van der Waals surface area contributed by atoms with E-state index in [1.807, 2.05) is 24.3 Å². The molecular formula is C16H14N6O3. The number of hydrogen-bond acceptors (Lipinski definition) is 6. The Morgan fingerprint density at radius 2 is 2.08 bits per heavy atom. The van der Waals surface area contributed by atoms with Gasteiger partial charge >= 0.3 is 0 Å². The van der Waals surface area contributed by atoms with E-state index < -0.39 is 11.5 Å². The molecule has 9 nitrogen and oxygen atoms in total. The quantitative estimate of drug-likeness (QED) is 0.292. The number of amides is 1. The molecule has 4 rings (SSSR count). The smallest absolute Gasteiger partial charge is 0.275 e. The second-order valence-corrected chi connectivity index (χ2v) is 5.51. The van der Waals surface area contributed by atoms with Crippen LogP contribution in [-0.4, -0.2) is 28.4 Å². The zero-order valence-corrected chi connectivity index (χ0v) is 12.9. The van der Waals surface area contributed by atoms with E-state index in [9.17, 15) is 9.59 Å². The number of aromatic amines is 2. The molecule has 0 spiro atoms. The number of dihydropyridines is 1. The molecule has 3 heterocycles. The fourth-order valence-electron chi connectivity index (χ4n) is 2.88. The number of H-pyrrole nitrogens is 2. The van der Waals surface area contributed by atoms with E-state index in [0.717, 1.165) is 5.56 Å². The van der Waals surface area contributed by atoms with Crippen molar-refractivity contribution >= 4 is 23.5 Å². The van der Waals surface area contributed by atoms with Crippen molar-refractivity contribution in [2.45, 2.75) is 0 Å². The Morgan fingerprint density at radius 1 is 1.28 bits per heavy atom. The Hall–Kier alpha value is -3.59. The van der Waals surface area contributed by atoms with Crippen molar-refractivity contribution in [1.29, 1.82) is 0 Å². The minimum atomic E-state index is -0.501. The Bertz CT molecular complexity index is 1040. The Labute approximate surface area is 141 Å². The van der Waals surface area contributed by atoms with Gasteiger partial charge in [0.15, 0.2) is 0 Å². The second-order valence-electron chi connectivity index (χ2n) is 5.51. The zero-order chi connectivity index (χ0) is 17.6. The summed E-state index contributed by atoms with van der Waals surface area (Å²) in [6, 6.07) is 7.33. The molecule has 0 fully saturated rings. The summed E-state index contributed by atoms with van der Waals surface area (Å²) >= 11 is 0. The monoisotopic (exact) mass is 338 g/mol. The molecule has 2 aliphatic heterocycles. The summed E-state index contributed by atoms with van der Waals surface area (Å²) in [6.07, 6.45) is 1.81. The summed E-state index contributed by atoms with van der Waals surface area (Å²) < 4.78 is 5.93. The first-order chi connectivity index (χ1) is 12.1. The topological polar surface area (TPSA) is 151 Å². The maximum absolute atomic E-state index is 12.1. The van der Waals surface area contributed by atoms with Crippen LogP contribution in [0.1, 0.15) is 11.1 Å². The number of nitrogens with two attached hydrogens (primary N) is 2. The van der Waals surface area contributed by atoms with Crippen molar-refractivity contribution < 1.29 is 9.53 Å². The van der Waals surface area contributed by atoms with Gasteiger partial charge in [0.2, 0.25) is 0 Å². The number of fused-ring (bicyclic) bond motifs is 2. The number of aromatic nitrogens is 2. The van der Waals surface area contributed by atoms with Gasteiger partial charge in [-0.2, -0.15) is 0 Å². The summed E-state index contributed by atoms with van der Waals surface area (Å²) in [6.45, 7) is 0.0112. The lowest BCUT2D eigenvalue weighted by atomic mass is 9.92. The fraction of sp³-hybridized carbons (Fsp3) is 0.0625. The number of hydrogen-bond donors (Lipinski definition) is 5. The van der Waals surface area contributed by atoms with Crippen LogP contribution in [0.25, 0.3) is 6.08 Å². The molecule has 0 aliphatic carbocycles. The van der Waals surface area contributed by atoms with E-state index in [0.29, 0.717) is 22.8 Å². The molecule has 0 bridgehead atoms. The number of hydrazine groups is 1. The zero-order valence-electron chi connectivity index (χ0n) is 12.9. The lowest BCUT2D eigenvalue weighted by molar-refractivity contribution is -0.117. The fourth-order valence-corrected chi connectivity index (χ4v) is 2.88. The average Bonchev–Trinajstić information content (AvgIpc) is 2.97. The third kappa shape index (κ3) is 2.25. The number of rotatable bonds is 2. The minimum Gasteiger partial charge on any atom is -0.455 e. The van der Waals surface area contributed by atoms with Gasteiger partial charge < -0.3 is 10.5 Å². The first kappa shape index (κ1) is 15.0. The molecule has 25 heavy (non-hydrogen) atoms. The number of carbonyl (C=O) groups is 1. The van der Waals surface area contributed by atoms with Crippen molar-refractivity contribution in [3.05, 3.63) is 62.7 Å². The number of ether oxygens (including phenoxy) is 1. The molecule has 0 unspecified atom stereocenters. The third-order valence-electron chi connectivity index (χ3n) is 4.05. The van der Waals surface area contributed by atoms with E-state index >= 15 is 0 Å². The van der Waals surface area contributed by atoms with Crippen LogP contribution in [0.3, 0.4) is 0 Å². The Morgan fingerprint density at radius 3 is 2.80 bits per heavy atom. The highest BCUT2D eigenvalue weighted by molar-refractivity contribution is 6.21. The van der Waals surface area contributed by atoms with Gasteiger partial charge in [0, 0.05) is 11.1 Å². The van der Waals surface area contributed by atoms with Gasteiger partial charge in [-0.1, -0.05) is 18.2 Å². The molecule has 1 aromatic heterocycles. The van der Waals surface area contributed by atoms with Crippen molar-refractivity contribution in [3.63, 3.8) is 0 Å². The highest BCUT2D eigenvalue weighted by Crippen LogP contribution is 2.36. The molecule has 1 amide bonds. The highest BCUT2D eigenvalue weighted by atomic mass is 16.5. The predicted octanol–water partition coefficient (Wildman–Crippen LogP) is -0.192. The summed E-state index contributed by atoms with van der Waals surface area (Å²) in [4.78, 5) is 28.6. The number of aliphatic imine (C=N–C) groups is 1. The summed E-state index contributed by atoms with van der Waals surface area (Å²) in [5, 5.41) is 4.99. The molecular weight excluding hydrogens is 324 g/mol. The lowest BCUT2D eigenvalue weighted by Gasteiger charge is -2.26. The minimum absolute atomic E-state index is 0.0112. The van der Waals surface area contributed by atoms with Gasteiger partial charge in [0.05, 0.1) is 17.8 Å². The van der Waals surface area contributed by atoms with E-state index in [-0.39, 0.29) is 23.5 Å². The maximum atomic E-state index is 12.1. The van der Waals surface area contributed by atoms with Crippen LogP contribution in [-0.2, 0) is 4.79 Å². The molecule has 2 aliphatic rings. The Balaban J connectivity index is 1.95. The van der Waals surface area contributed by atoms with Crippen LogP contribution in [0.2, 0.25) is 0 Å². The first-order valence-electron chi connectivity index (χ1n) is 7.44. The van der Waals surface area contributed by atoms with Crippen LogP contribution < -0.4 is 27.3 Å². The molecule has 0 saturated heterocycles. The summed E-state index contributed by atoms with van der Waals surface area (Å²) in [5.74, 6) is 5.83. The number of nitrogen functional groups attached to an aromatic ring is 1. The van der Waals surface area contributed by atoms with Gasteiger partial charge in [-0.25, -0.2) is 5.84 Å². The number of para-hydroxylation sites is 1. The lowest BCUT2D eigenvalue weighted by Crippen LogP contribution is -2.36. The molecule has 0 saturated carbocycles. The molecule has 2 aromatic rings. The SMILES string of the molecule is NNC(=O)C1=C2Oc3ccccc3C=C2C(c2c(N)[nH][nH]c2=O)=NC1. The van der Waals surface area contributed by atoms with Gasteiger partial charge in [0.25, 0.3) is 11.5 Å². The molecule has 126 valence electrons.